The molecule has 2 N–H and O–H groups in total. The van der Waals surface area contributed by atoms with Crippen molar-refractivity contribution in [3.05, 3.63) is 54.6 Å². The van der Waals surface area contributed by atoms with E-state index in [0.717, 1.165) is 26.1 Å². The van der Waals surface area contributed by atoms with Gasteiger partial charge < -0.3 is 22.7 Å². The molecule has 0 radical (unpaired) electrons. The van der Waals surface area contributed by atoms with Crippen LogP contribution in [0.4, 0.5) is 0 Å². The summed E-state index contributed by atoms with van der Waals surface area (Å²) in [6, 6.07) is 10.5. The second kappa shape index (κ2) is 9.14. The summed E-state index contributed by atoms with van der Waals surface area (Å²) >= 11 is 0. The van der Waals surface area contributed by atoms with E-state index in [1.165, 1.54) is 5.56 Å². The van der Waals surface area contributed by atoms with Crippen LogP contribution in [0.2, 0.25) is 0 Å². The number of benzene rings is 1. The highest BCUT2D eigenvalue weighted by Gasteiger charge is 2.03. The van der Waals surface area contributed by atoms with Crippen LogP contribution in [0.1, 0.15) is 12.0 Å². The number of imidazole rings is 1. The number of nitrogens with two attached hydrogens (primary N) is 1. The van der Waals surface area contributed by atoms with Crippen LogP contribution in [0.25, 0.3) is 0 Å². The molecule has 0 aliphatic carbocycles. The molecule has 1 heterocycles. The summed E-state index contributed by atoms with van der Waals surface area (Å²) in [6.45, 7) is 2.67. The first-order valence-electron chi connectivity index (χ1n) is 5.67. The molecular formula is C13H19BrClN3. The van der Waals surface area contributed by atoms with Crippen molar-refractivity contribution in [2.45, 2.75) is 19.5 Å². The van der Waals surface area contributed by atoms with E-state index in [1.54, 1.807) is 0 Å². The summed E-state index contributed by atoms with van der Waals surface area (Å²) < 4.78 is 4.36. The van der Waals surface area contributed by atoms with E-state index in [4.69, 9.17) is 5.73 Å². The zero-order valence-electron chi connectivity index (χ0n) is 10.2. The third-order valence-electron chi connectivity index (χ3n) is 2.57. The van der Waals surface area contributed by atoms with Crippen LogP contribution >= 0.6 is 12.4 Å². The van der Waals surface area contributed by atoms with Gasteiger partial charge in [0.2, 0.25) is 6.33 Å². The highest BCUT2D eigenvalue weighted by Crippen LogP contribution is 1.97. The van der Waals surface area contributed by atoms with Gasteiger partial charge in [-0.3, -0.25) is 0 Å². The monoisotopic (exact) mass is 331 g/mol. The molecule has 5 heteroatoms. The van der Waals surface area contributed by atoms with Crippen LogP contribution in [0.5, 0.6) is 0 Å². The molecule has 0 fully saturated rings. The topological polar surface area (TPSA) is 34.8 Å². The number of rotatable bonds is 5. The molecule has 0 atom stereocenters. The molecule has 0 bridgehead atoms. The number of halogens is 2. The lowest BCUT2D eigenvalue weighted by atomic mass is 10.2. The molecule has 0 aliphatic rings. The second-order valence-electron chi connectivity index (χ2n) is 3.95. The minimum atomic E-state index is 0. The molecule has 1 aromatic carbocycles. The largest absolute Gasteiger partial charge is 1.00 e. The smallest absolute Gasteiger partial charge is 0.244 e. The van der Waals surface area contributed by atoms with E-state index in [9.17, 15) is 0 Å². The Morgan fingerprint density at radius 1 is 1.17 bits per heavy atom. The molecule has 100 valence electrons. The van der Waals surface area contributed by atoms with Crippen LogP contribution < -0.4 is 27.3 Å². The van der Waals surface area contributed by atoms with Gasteiger partial charge in [0.05, 0.1) is 6.54 Å². The molecule has 0 unspecified atom stereocenters. The van der Waals surface area contributed by atoms with Gasteiger partial charge in [0.25, 0.3) is 0 Å². The first-order chi connectivity index (χ1) is 7.88. The molecule has 0 saturated heterocycles. The lowest BCUT2D eigenvalue weighted by Crippen LogP contribution is -3.00. The Bertz CT molecular complexity index is 431. The maximum absolute atomic E-state index is 5.49. The van der Waals surface area contributed by atoms with E-state index >= 15 is 0 Å². The van der Waals surface area contributed by atoms with Crippen molar-refractivity contribution >= 4 is 12.4 Å². The standard InChI is InChI=1S/C13H18N3.BrH.ClH/c14-7-4-8-15-9-10-16(12-15)11-13-5-2-1-3-6-13;;/h1-3,5-6,9-10,12H,4,7-8,11,14H2;2*1H/q+1;;/p-1. The Morgan fingerprint density at radius 3 is 2.56 bits per heavy atom. The van der Waals surface area contributed by atoms with Gasteiger partial charge in [-0.25, -0.2) is 9.13 Å². The van der Waals surface area contributed by atoms with Crippen LogP contribution in [0, 0.1) is 0 Å². The van der Waals surface area contributed by atoms with Gasteiger partial charge in [-0.05, 0) is 18.5 Å². The number of hydrogen-bond acceptors (Lipinski definition) is 1. The third-order valence-corrected chi connectivity index (χ3v) is 2.57. The first kappa shape index (κ1) is 17.2. The van der Waals surface area contributed by atoms with Gasteiger partial charge in [0, 0.05) is 0 Å². The summed E-state index contributed by atoms with van der Waals surface area (Å²) in [4.78, 5) is 0. The zero-order valence-corrected chi connectivity index (χ0v) is 12.6. The summed E-state index contributed by atoms with van der Waals surface area (Å²) in [7, 11) is 0. The van der Waals surface area contributed by atoms with Crippen LogP contribution in [-0.4, -0.2) is 11.1 Å². The minimum absolute atomic E-state index is 0. The third kappa shape index (κ3) is 5.21. The SMILES string of the molecule is Cl.NCCCn1cc[n+](Cc2ccccc2)c1.[Br-]. The molecule has 2 rings (SSSR count). The van der Waals surface area contributed by atoms with Gasteiger partial charge in [0.1, 0.15) is 18.9 Å². The average molecular weight is 333 g/mol. The zero-order chi connectivity index (χ0) is 11.2. The molecular weight excluding hydrogens is 314 g/mol. The number of aryl methyl sites for hydroxylation is 1. The summed E-state index contributed by atoms with van der Waals surface area (Å²) in [5.41, 5.74) is 6.81. The highest BCUT2D eigenvalue weighted by molar-refractivity contribution is 5.85. The van der Waals surface area contributed by atoms with Crippen molar-refractivity contribution in [1.82, 2.24) is 4.57 Å². The predicted molar refractivity (Wildman–Crippen MR) is 71.1 cm³/mol. The van der Waals surface area contributed by atoms with Gasteiger partial charge in [0.15, 0.2) is 0 Å². The Balaban J connectivity index is 0.00000144. The maximum atomic E-state index is 5.49. The van der Waals surface area contributed by atoms with Crippen molar-refractivity contribution < 1.29 is 21.5 Å². The quantitative estimate of drug-likeness (QED) is 0.672. The van der Waals surface area contributed by atoms with Crippen molar-refractivity contribution in [2.24, 2.45) is 5.73 Å². The van der Waals surface area contributed by atoms with Crippen LogP contribution in [-0.2, 0) is 13.1 Å². The number of aromatic nitrogens is 2. The average Bonchev–Trinajstić information content (AvgIpc) is 2.75. The van der Waals surface area contributed by atoms with E-state index in [-0.39, 0.29) is 29.4 Å². The van der Waals surface area contributed by atoms with Crippen LogP contribution in [0.15, 0.2) is 49.1 Å². The molecule has 0 saturated carbocycles. The van der Waals surface area contributed by atoms with Gasteiger partial charge in [-0.1, -0.05) is 30.3 Å². The fourth-order valence-electron chi connectivity index (χ4n) is 1.73. The Hall–Kier alpha value is -0.840. The van der Waals surface area contributed by atoms with Gasteiger partial charge >= 0.3 is 0 Å². The maximum Gasteiger partial charge on any atom is 0.244 e. The molecule has 0 spiro atoms. The van der Waals surface area contributed by atoms with E-state index < -0.39 is 0 Å². The number of nitrogens with zero attached hydrogens (tertiary/aromatic N) is 2. The first-order valence-corrected chi connectivity index (χ1v) is 5.67. The molecule has 0 amide bonds. The van der Waals surface area contributed by atoms with Crippen molar-refractivity contribution in [1.29, 1.82) is 0 Å². The van der Waals surface area contributed by atoms with E-state index in [1.807, 2.05) is 6.07 Å². The fraction of sp³-hybridized carbons (Fsp3) is 0.308. The van der Waals surface area contributed by atoms with E-state index in [0.29, 0.717) is 0 Å². The minimum Gasteiger partial charge on any atom is -1.00 e. The normalized spacial score (nSPS) is 9.39. The van der Waals surface area contributed by atoms with Gasteiger partial charge in [-0.15, -0.1) is 12.4 Å². The molecule has 18 heavy (non-hydrogen) atoms. The summed E-state index contributed by atoms with van der Waals surface area (Å²) in [5.74, 6) is 0. The van der Waals surface area contributed by atoms with Crippen molar-refractivity contribution in [2.75, 3.05) is 6.54 Å². The van der Waals surface area contributed by atoms with Crippen molar-refractivity contribution in [3.63, 3.8) is 0 Å². The second-order valence-corrected chi connectivity index (χ2v) is 3.95. The molecule has 2 aromatic rings. The highest BCUT2D eigenvalue weighted by atomic mass is 79.9. The Morgan fingerprint density at radius 2 is 1.89 bits per heavy atom. The lowest BCUT2D eigenvalue weighted by Gasteiger charge is -1.96. The van der Waals surface area contributed by atoms with Crippen LogP contribution in [0.3, 0.4) is 0 Å². The summed E-state index contributed by atoms with van der Waals surface area (Å²) in [5, 5.41) is 0. The molecule has 0 aliphatic heterocycles. The predicted octanol–water partition coefficient (Wildman–Crippen LogP) is -1.40. The summed E-state index contributed by atoms with van der Waals surface area (Å²) in [6.07, 6.45) is 7.35. The van der Waals surface area contributed by atoms with Crippen molar-refractivity contribution in [3.8, 4) is 0 Å². The molecule has 1 aromatic heterocycles. The number of hydrogen-bond donors (Lipinski definition) is 1. The lowest BCUT2D eigenvalue weighted by molar-refractivity contribution is -0.687. The van der Waals surface area contributed by atoms with E-state index in [2.05, 4.69) is 52.1 Å². The van der Waals surface area contributed by atoms with Gasteiger partial charge in [-0.2, -0.15) is 0 Å². The Labute approximate surface area is 125 Å². The Kier molecular flexibility index (Phi) is 8.71. The molecule has 3 nitrogen and oxygen atoms in total. The fourth-order valence-corrected chi connectivity index (χ4v) is 1.73.